The third-order valence-electron chi connectivity index (χ3n) is 6.01. The van der Waals surface area contributed by atoms with Crippen LogP contribution in [0.2, 0.25) is 10.0 Å². The van der Waals surface area contributed by atoms with Gasteiger partial charge < -0.3 is 10.2 Å². The van der Waals surface area contributed by atoms with Crippen molar-refractivity contribution in [2.75, 3.05) is 17.9 Å². The molecule has 1 atom stereocenters. The molecule has 0 saturated heterocycles. The SMILES string of the molecule is CC[C@H](C(=O)NC)N(Cc1ccccc1C)C(=O)CN(c1cccc(Cl)c1)S(=O)(=O)c1ccc(Cl)cc1. The third-order valence-corrected chi connectivity index (χ3v) is 8.29. The van der Waals surface area contributed by atoms with Crippen molar-refractivity contribution in [2.45, 2.75) is 37.8 Å². The number of amides is 2. The lowest BCUT2D eigenvalue weighted by Crippen LogP contribution is -2.51. The fourth-order valence-corrected chi connectivity index (χ4v) is 5.67. The lowest BCUT2D eigenvalue weighted by atomic mass is 10.1. The second kappa shape index (κ2) is 12.4. The Hall–Kier alpha value is -3.07. The molecule has 0 aromatic heterocycles. The summed E-state index contributed by atoms with van der Waals surface area (Å²) in [6.45, 7) is 3.33. The standard InChI is InChI=1S/C27H29Cl2N3O4S/c1-4-25(27(34)30-3)31(17-20-9-6-5-8-19(20)2)26(33)18-32(23-11-7-10-22(29)16-23)37(35,36)24-14-12-21(28)13-15-24/h5-16,25H,4,17-18H2,1-3H3,(H,30,34)/t25-/m1/s1. The van der Waals surface area contributed by atoms with Gasteiger partial charge in [0.05, 0.1) is 10.6 Å². The van der Waals surface area contributed by atoms with Gasteiger partial charge in [0.2, 0.25) is 11.8 Å². The number of likely N-dealkylation sites (N-methyl/N-ethyl adjacent to an activating group) is 1. The first-order valence-corrected chi connectivity index (χ1v) is 13.9. The Labute approximate surface area is 228 Å². The number of halogens is 2. The maximum Gasteiger partial charge on any atom is 0.264 e. The van der Waals surface area contributed by atoms with E-state index in [0.29, 0.717) is 16.5 Å². The lowest BCUT2D eigenvalue weighted by molar-refractivity contribution is -0.140. The minimum atomic E-state index is -4.19. The zero-order valence-electron chi connectivity index (χ0n) is 20.8. The zero-order valence-corrected chi connectivity index (χ0v) is 23.1. The average molecular weight is 563 g/mol. The number of nitrogens with zero attached hydrogens (tertiary/aromatic N) is 2. The van der Waals surface area contributed by atoms with E-state index >= 15 is 0 Å². The number of sulfonamides is 1. The van der Waals surface area contributed by atoms with Gasteiger partial charge in [-0.3, -0.25) is 13.9 Å². The van der Waals surface area contributed by atoms with Crippen molar-refractivity contribution in [1.29, 1.82) is 0 Å². The summed E-state index contributed by atoms with van der Waals surface area (Å²) in [5, 5.41) is 3.31. The van der Waals surface area contributed by atoms with Crippen molar-refractivity contribution in [3.63, 3.8) is 0 Å². The highest BCUT2D eigenvalue weighted by Crippen LogP contribution is 2.28. The van der Waals surface area contributed by atoms with Gasteiger partial charge in [-0.25, -0.2) is 8.42 Å². The van der Waals surface area contributed by atoms with Gasteiger partial charge in [0.1, 0.15) is 12.6 Å². The van der Waals surface area contributed by atoms with Gasteiger partial charge >= 0.3 is 0 Å². The second-order valence-corrected chi connectivity index (χ2v) is 11.2. The molecule has 0 bridgehead atoms. The molecule has 2 amide bonds. The van der Waals surface area contributed by atoms with Crippen LogP contribution in [-0.2, 0) is 26.2 Å². The molecule has 0 aliphatic carbocycles. The Morgan fingerprint density at radius 3 is 2.22 bits per heavy atom. The van der Waals surface area contributed by atoms with Crippen LogP contribution < -0.4 is 9.62 Å². The lowest BCUT2D eigenvalue weighted by Gasteiger charge is -2.33. The topological polar surface area (TPSA) is 86.8 Å². The molecule has 10 heteroatoms. The molecule has 0 heterocycles. The Balaban J connectivity index is 2.07. The van der Waals surface area contributed by atoms with Crippen LogP contribution in [-0.4, -0.2) is 44.8 Å². The second-order valence-electron chi connectivity index (χ2n) is 8.43. The van der Waals surface area contributed by atoms with E-state index in [1.54, 1.807) is 25.1 Å². The molecule has 37 heavy (non-hydrogen) atoms. The van der Waals surface area contributed by atoms with Gasteiger partial charge in [-0.1, -0.05) is 60.5 Å². The first-order valence-electron chi connectivity index (χ1n) is 11.7. The predicted octanol–water partition coefficient (Wildman–Crippen LogP) is 5.05. The van der Waals surface area contributed by atoms with Gasteiger partial charge in [-0.2, -0.15) is 0 Å². The fourth-order valence-electron chi connectivity index (χ4n) is 3.95. The van der Waals surface area contributed by atoms with E-state index in [4.69, 9.17) is 23.2 Å². The van der Waals surface area contributed by atoms with Crippen LogP contribution in [0, 0.1) is 6.92 Å². The summed E-state index contributed by atoms with van der Waals surface area (Å²) in [7, 11) is -2.68. The fraction of sp³-hybridized carbons (Fsp3) is 0.259. The molecule has 3 rings (SSSR count). The Morgan fingerprint density at radius 1 is 0.946 bits per heavy atom. The maximum atomic E-state index is 13.9. The van der Waals surface area contributed by atoms with E-state index < -0.39 is 28.5 Å². The molecule has 196 valence electrons. The van der Waals surface area contributed by atoms with Crippen LogP contribution in [0.15, 0.2) is 77.7 Å². The van der Waals surface area contributed by atoms with Gasteiger partial charge in [-0.05, 0) is 66.9 Å². The number of benzene rings is 3. The summed E-state index contributed by atoms with van der Waals surface area (Å²) in [4.78, 5) is 28.0. The molecular weight excluding hydrogens is 533 g/mol. The highest BCUT2D eigenvalue weighted by atomic mass is 35.5. The van der Waals surface area contributed by atoms with E-state index in [1.807, 2.05) is 31.2 Å². The smallest absolute Gasteiger partial charge is 0.264 e. The number of carbonyl (C=O) groups is 2. The van der Waals surface area contributed by atoms with Gasteiger partial charge in [0.15, 0.2) is 0 Å². The van der Waals surface area contributed by atoms with Crippen LogP contribution >= 0.6 is 23.2 Å². The van der Waals surface area contributed by atoms with Crippen LogP contribution in [0.3, 0.4) is 0 Å². The van der Waals surface area contributed by atoms with Crippen molar-refractivity contribution in [1.82, 2.24) is 10.2 Å². The van der Waals surface area contributed by atoms with E-state index in [-0.39, 0.29) is 23.0 Å². The van der Waals surface area contributed by atoms with Gasteiger partial charge in [-0.15, -0.1) is 0 Å². The summed E-state index contributed by atoms with van der Waals surface area (Å²) < 4.78 is 28.5. The van der Waals surface area contributed by atoms with E-state index in [1.165, 1.54) is 42.3 Å². The first-order chi connectivity index (χ1) is 17.6. The number of hydrogen-bond acceptors (Lipinski definition) is 4. The van der Waals surface area contributed by atoms with Crippen molar-refractivity contribution in [2.24, 2.45) is 0 Å². The minimum Gasteiger partial charge on any atom is -0.357 e. The highest BCUT2D eigenvalue weighted by molar-refractivity contribution is 7.92. The monoisotopic (exact) mass is 561 g/mol. The number of nitrogens with one attached hydrogen (secondary N) is 1. The molecule has 0 radical (unpaired) electrons. The molecule has 3 aromatic carbocycles. The third kappa shape index (κ3) is 6.83. The molecule has 0 aliphatic heterocycles. The van der Waals surface area contributed by atoms with Gasteiger partial charge in [0, 0.05) is 23.6 Å². The molecule has 0 aliphatic rings. The average Bonchev–Trinajstić information content (AvgIpc) is 2.88. The number of rotatable bonds is 10. The molecule has 1 N–H and O–H groups in total. The molecule has 0 spiro atoms. The van der Waals surface area contributed by atoms with E-state index in [9.17, 15) is 18.0 Å². The molecule has 0 fully saturated rings. The molecule has 3 aromatic rings. The summed E-state index contributed by atoms with van der Waals surface area (Å²) in [6.07, 6.45) is 0.346. The number of aryl methyl sites for hydroxylation is 1. The van der Waals surface area contributed by atoms with Gasteiger partial charge in [0.25, 0.3) is 10.0 Å². The number of carbonyl (C=O) groups excluding carboxylic acids is 2. The molecular formula is C27H29Cl2N3O4S. The summed E-state index contributed by atoms with van der Waals surface area (Å²) in [5.74, 6) is -0.865. The predicted molar refractivity (Wildman–Crippen MR) is 147 cm³/mol. The van der Waals surface area contributed by atoms with Crippen LogP contribution in [0.5, 0.6) is 0 Å². The highest BCUT2D eigenvalue weighted by Gasteiger charge is 2.33. The zero-order chi connectivity index (χ0) is 27.2. The quantitative estimate of drug-likeness (QED) is 0.375. The summed E-state index contributed by atoms with van der Waals surface area (Å²) in [6, 6.07) is 18.7. The van der Waals surface area contributed by atoms with E-state index in [0.717, 1.165) is 15.4 Å². The number of anilines is 1. The summed E-state index contributed by atoms with van der Waals surface area (Å²) in [5.41, 5.74) is 2.03. The molecule has 0 saturated carbocycles. The molecule has 0 unspecified atom stereocenters. The molecule has 7 nitrogen and oxygen atoms in total. The van der Waals surface area contributed by atoms with Crippen molar-refractivity contribution >= 4 is 50.7 Å². The van der Waals surface area contributed by atoms with Crippen LogP contribution in [0.1, 0.15) is 24.5 Å². The largest absolute Gasteiger partial charge is 0.357 e. The Morgan fingerprint density at radius 2 is 1.62 bits per heavy atom. The number of hydrogen-bond donors (Lipinski definition) is 1. The van der Waals surface area contributed by atoms with Crippen LogP contribution in [0.4, 0.5) is 5.69 Å². The maximum absolute atomic E-state index is 13.9. The first kappa shape index (κ1) is 28.5. The Kier molecular flexibility index (Phi) is 9.59. The van der Waals surface area contributed by atoms with Crippen LogP contribution in [0.25, 0.3) is 0 Å². The van der Waals surface area contributed by atoms with Crippen molar-refractivity contribution in [3.05, 3.63) is 94.0 Å². The van der Waals surface area contributed by atoms with Crippen molar-refractivity contribution in [3.8, 4) is 0 Å². The Bertz CT molecular complexity index is 1360. The van der Waals surface area contributed by atoms with Crippen molar-refractivity contribution < 1.29 is 18.0 Å². The van der Waals surface area contributed by atoms with E-state index in [2.05, 4.69) is 5.32 Å². The normalized spacial score (nSPS) is 12.0. The summed E-state index contributed by atoms with van der Waals surface area (Å²) >= 11 is 12.1. The minimum absolute atomic E-state index is 0.0338.